The maximum Gasteiger partial charge on any atom is 0.407 e. The van der Waals surface area contributed by atoms with E-state index in [1.54, 1.807) is 12.3 Å². The molecule has 2 aromatic rings. The maximum atomic E-state index is 10.7. The molecular weight excluding hydrogens is 232 g/mol. The number of aromatic amines is 1. The molecule has 2 rings (SSSR count). The van der Waals surface area contributed by atoms with E-state index in [2.05, 4.69) is 15.2 Å². The molecule has 0 fully saturated rings. The van der Waals surface area contributed by atoms with E-state index in [0.29, 0.717) is 16.4 Å². The van der Waals surface area contributed by atoms with E-state index in [9.17, 15) is 4.79 Å². The van der Waals surface area contributed by atoms with Crippen LogP contribution in [0.1, 0.15) is 5.69 Å². The number of rotatable bonds is 2. The Kier molecular flexibility index (Phi) is 2.66. The third-order valence-corrected chi connectivity index (χ3v) is 2.41. The van der Waals surface area contributed by atoms with Gasteiger partial charge in [0.05, 0.1) is 17.8 Å². The largest absolute Gasteiger partial charge is 0.465 e. The first-order chi connectivity index (χ1) is 7.58. The number of carbonyl (C=O) groups is 1. The van der Waals surface area contributed by atoms with E-state index in [0.717, 1.165) is 10.3 Å². The van der Waals surface area contributed by atoms with Crippen molar-refractivity contribution in [2.45, 2.75) is 6.54 Å². The standard InChI is InChI=1S/C9H9ClN4O2/c1-14(9(15)16)4-7-5-3-11-8(10)2-6(5)12-13-7/h2-3H,4H2,1H3,(H,12,13)(H,15,16). The summed E-state index contributed by atoms with van der Waals surface area (Å²) in [6.45, 7) is 0.231. The molecule has 0 aliphatic heterocycles. The highest BCUT2D eigenvalue weighted by molar-refractivity contribution is 6.30. The van der Waals surface area contributed by atoms with Crippen LogP contribution in [0.3, 0.4) is 0 Å². The summed E-state index contributed by atoms with van der Waals surface area (Å²) in [6.07, 6.45) is 0.580. The molecule has 1 amide bonds. The third-order valence-electron chi connectivity index (χ3n) is 2.21. The van der Waals surface area contributed by atoms with E-state index < -0.39 is 6.09 Å². The average Bonchev–Trinajstić information content (AvgIpc) is 2.60. The van der Waals surface area contributed by atoms with Gasteiger partial charge in [-0.2, -0.15) is 5.10 Å². The van der Waals surface area contributed by atoms with Gasteiger partial charge in [0.15, 0.2) is 0 Å². The number of H-pyrrole nitrogens is 1. The summed E-state index contributed by atoms with van der Waals surface area (Å²) in [4.78, 5) is 15.8. The smallest absolute Gasteiger partial charge is 0.407 e. The predicted octanol–water partition coefficient (Wildman–Crippen LogP) is 1.72. The van der Waals surface area contributed by atoms with Crippen LogP contribution in [-0.4, -0.2) is 38.3 Å². The molecule has 0 bridgehead atoms. The number of hydrogen-bond donors (Lipinski definition) is 2. The molecule has 0 atom stereocenters. The second kappa shape index (κ2) is 3.97. The van der Waals surface area contributed by atoms with E-state index >= 15 is 0 Å². The van der Waals surface area contributed by atoms with Crippen LogP contribution >= 0.6 is 11.6 Å². The van der Waals surface area contributed by atoms with Gasteiger partial charge in [-0.15, -0.1) is 0 Å². The Morgan fingerprint density at radius 1 is 1.69 bits per heavy atom. The van der Waals surface area contributed by atoms with Gasteiger partial charge in [0.25, 0.3) is 0 Å². The van der Waals surface area contributed by atoms with Crippen molar-refractivity contribution in [3.8, 4) is 0 Å². The van der Waals surface area contributed by atoms with Gasteiger partial charge in [0.1, 0.15) is 5.15 Å². The van der Waals surface area contributed by atoms with E-state index in [1.807, 2.05) is 0 Å². The molecular formula is C9H9ClN4O2. The molecule has 2 aromatic heterocycles. The minimum Gasteiger partial charge on any atom is -0.465 e. The van der Waals surface area contributed by atoms with E-state index in [1.165, 1.54) is 7.05 Å². The molecule has 6 nitrogen and oxygen atoms in total. The molecule has 0 saturated carbocycles. The van der Waals surface area contributed by atoms with Crippen LogP contribution in [0.4, 0.5) is 4.79 Å². The first kappa shape index (κ1) is 10.7. The van der Waals surface area contributed by atoms with Gasteiger partial charge in [-0.1, -0.05) is 11.6 Å². The molecule has 0 aliphatic carbocycles. The highest BCUT2D eigenvalue weighted by Crippen LogP contribution is 2.18. The summed E-state index contributed by atoms with van der Waals surface area (Å²) in [7, 11) is 1.48. The van der Waals surface area contributed by atoms with Crippen molar-refractivity contribution in [3.63, 3.8) is 0 Å². The van der Waals surface area contributed by atoms with Crippen LogP contribution in [-0.2, 0) is 6.54 Å². The zero-order chi connectivity index (χ0) is 11.7. The van der Waals surface area contributed by atoms with Gasteiger partial charge < -0.3 is 10.0 Å². The summed E-state index contributed by atoms with van der Waals surface area (Å²) in [5, 5.41) is 16.7. The van der Waals surface area contributed by atoms with Gasteiger partial charge in [0.2, 0.25) is 0 Å². The Bertz CT molecular complexity index is 539. The van der Waals surface area contributed by atoms with Gasteiger partial charge in [0, 0.05) is 24.7 Å². The number of hydrogen-bond acceptors (Lipinski definition) is 3. The average molecular weight is 241 g/mol. The lowest BCUT2D eigenvalue weighted by atomic mass is 10.2. The number of carboxylic acid groups (broad SMARTS) is 1. The maximum absolute atomic E-state index is 10.7. The second-order valence-electron chi connectivity index (χ2n) is 3.36. The van der Waals surface area contributed by atoms with Crippen molar-refractivity contribution in [2.75, 3.05) is 7.05 Å². The van der Waals surface area contributed by atoms with Crippen molar-refractivity contribution in [1.29, 1.82) is 0 Å². The van der Waals surface area contributed by atoms with Gasteiger partial charge in [-0.05, 0) is 0 Å². The first-order valence-electron chi connectivity index (χ1n) is 4.50. The SMILES string of the molecule is CN(Cc1[nH]nc2cc(Cl)ncc12)C(=O)O. The van der Waals surface area contributed by atoms with Crippen LogP contribution in [0.25, 0.3) is 10.9 Å². The Morgan fingerprint density at radius 3 is 3.12 bits per heavy atom. The quantitative estimate of drug-likeness (QED) is 0.783. The Hall–Kier alpha value is -1.82. The normalized spacial score (nSPS) is 10.6. The first-order valence-corrected chi connectivity index (χ1v) is 4.88. The molecule has 0 aromatic carbocycles. The van der Waals surface area contributed by atoms with Crippen molar-refractivity contribution in [2.24, 2.45) is 0 Å². The number of nitrogens with zero attached hydrogens (tertiary/aromatic N) is 3. The summed E-state index contributed by atoms with van der Waals surface area (Å²) in [6, 6.07) is 1.62. The molecule has 0 saturated heterocycles. The number of aromatic nitrogens is 3. The molecule has 0 radical (unpaired) electrons. The van der Waals surface area contributed by atoms with Crippen LogP contribution in [0.15, 0.2) is 12.3 Å². The summed E-state index contributed by atoms with van der Waals surface area (Å²) >= 11 is 5.71. The van der Waals surface area contributed by atoms with Crippen molar-refractivity contribution in [1.82, 2.24) is 20.1 Å². The number of pyridine rings is 1. The second-order valence-corrected chi connectivity index (χ2v) is 3.75. The number of nitrogens with one attached hydrogen (secondary N) is 1. The van der Waals surface area contributed by atoms with Crippen LogP contribution in [0, 0.1) is 0 Å². The molecule has 0 unspecified atom stereocenters. The fourth-order valence-corrected chi connectivity index (χ4v) is 1.51. The molecule has 16 heavy (non-hydrogen) atoms. The van der Waals surface area contributed by atoms with Crippen molar-refractivity contribution < 1.29 is 9.90 Å². The zero-order valence-electron chi connectivity index (χ0n) is 8.44. The Morgan fingerprint density at radius 2 is 2.44 bits per heavy atom. The van der Waals surface area contributed by atoms with Gasteiger partial charge in [-0.3, -0.25) is 5.10 Å². The topological polar surface area (TPSA) is 82.1 Å². The third kappa shape index (κ3) is 1.92. The number of amides is 1. The highest BCUT2D eigenvalue weighted by atomic mass is 35.5. The van der Waals surface area contributed by atoms with Crippen molar-refractivity contribution in [3.05, 3.63) is 23.1 Å². The molecule has 84 valence electrons. The Balaban J connectivity index is 2.35. The summed E-state index contributed by atoms with van der Waals surface area (Å²) < 4.78 is 0. The number of halogens is 1. The fraction of sp³-hybridized carbons (Fsp3) is 0.222. The Labute approximate surface area is 95.8 Å². The van der Waals surface area contributed by atoms with Crippen LogP contribution in [0.2, 0.25) is 5.15 Å². The molecule has 2 heterocycles. The lowest BCUT2D eigenvalue weighted by Crippen LogP contribution is -2.24. The molecule has 7 heteroatoms. The van der Waals surface area contributed by atoms with Crippen LogP contribution in [0.5, 0.6) is 0 Å². The van der Waals surface area contributed by atoms with Gasteiger partial charge in [-0.25, -0.2) is 9.78 Å². The minimum absolute atomic E-state index is 0.231. The van der Waals surface area contributed by atoms with Crippen LogP contribution < -0.4 is 0 Å². The monoisotopic (exact) mass is 240 g/mol. The fourth-order valence-electron chi connectivity index (χ4n) is 1.36. The van der Waals surface area contributed by atoms with Gasteiger partial charge >= 0.3 is 6.09 Å². The highest BCUT2D eigenvalue weighted by Gasteiger charge is 2.11. The van der Waals surface area contributed by atoms with Crippen molar-refractivity contribution >= 4 is 28.6 Å². The minimum atomic E-state index is -0.996. The lowest BCUT2D eigenvalue weighted by molar-refractivity contribution is 0.153. The molecule has 2 N–H and O–H groups in total. The summed E-state index contributed by atoms with van der Waals surface area (Å²) in [5.74, 6) is 0. The molecule has 0 aliphatic rings. The number of fused-ring (bicyclic) bond motifs is 1. The van der Waals surface area contributed by atoms with E-state index in [-0.39, 0.29) is 6.54 Å². The predicted molar refractivity (Wildman–Crippen MR) is 58.4 cm³/mol. The lowest BCUT2D eigenvalue weighted by Gasteiger charge is -2.10. The summed E-state index contributed by atoms with van der Waals surface area (Å²) in [5.41, 5.74) is 1.37. The van der Waals surface area contributed by atoms with E-state index in [4.69, 9.17) is 16.7 Å². The zero-order valence-corrected chi connectivity index (χ0v) is 9.19. The molecule has 0 spiro atoms.